The topological polar surface area (TPSA) is 87.4 Å². The molecule has 1 N–H and O–H groups in total. The Balaban J connectivity index is 1.80. The predicted molar refractivity (Wildman–Crippen MR) is 148 cm³/mol. The van der Waals surface area contributed by atoms with Gasteiger partial charge in [0, 0.05) is 19.3 Å². The number of likely N-dealkylation sites (tertiary alicyclic amines) is 1. The third-order valence-corrected chi connectivity index (χ3v) is 7.21. The lowest BCUT2D eigenvalue weighted by molar-refractivity contribution is -0.140. The number of carbonyl (C=O) groups excluding carboxylic acids is 2. The van der Waals surface area contributed by atoms with Crippen LogP contribution in [0, 0.1) is 6.92 Å². The van der Waals surface area contributed by atoms with Gasteiger partial charge in [0.15, 0.2) is 5.76 Å². The van der Waals surface area contributed by atoms with Gasteiger partial charge in [0.2, 0.25) is 0 Å². The number of benzene rings is 1. The summed E-state index contributed by atoms with van der Waals surface area (Å²) in [7, 11) is 0. The van der Waals surface area contributed by atoms with Crippen LogP contribution in [0.2, 0.25) is 0 Å². The maximum atomic E-state index is 13.5. The molecule has 4 rings (SSSR count). The molecule has 1 aliphatic rings. The number of fused-ring (bicyclic) bond motifs is 1. The molecule has 0 aliphatic carbocycles. The number of Topliss-reactive ketones (excluding diaryl/α,β-unsaturated/α-hetero) is 1. The van der Waals surface area contributed by atoms with Gasteiger partial charge in [0.1, 0.15) is 17.1 Å². The van der Waals surface area contributed by atoms with Crippen LogP contribution in [0.25, 0.3) is 11.4 Å². The van der Waals surface area contributed by atoms with Gasteiger partial charge < -0.3 is 19.6 Å². The van der Waals surface area contributed by atoms with Crippen LogP contribution in [0.3, 0.4) is 0 Å². The molecule has 2 aromatic heterocycles. The standard InChI is InChI=1S/C30H38N4O4/c1-5-8-11-19-38-23-14-12-13-22(20-23)27-25(29(36)30(37)34(27)18-17-32(6-2)7-3)28(35)26-21(4)31-24-15-9-10-16-33(24)26/h9-10,12-16,20,27,35H,5-8,11,17-19H2,1-4H3. The van der Waals surface area contributed by atoms with Crippen molar-refractivity contribution in [1.82, 2.24) is 19.2 Å². The zero-order valence-electron chi connectivity index (χ0n) is 22.8. The monoisotopic (exact) mass is 518 g/mol. The highest BCUT2D eigenvalue weighted by Gasteiger charge is 2.46. The number of ketones is 1. The Morgan fingerprint density at radius 2 is 1.87 bits per heavy atom. The Morgan fingerprint density at radius 1 is 1.08 bits per heavy atom. The van der Waals surface area contributed by atoms with Gasteiger partial charge in [0.05, 0.1) is 23.9 Å². The second-order valence-corrected chi connectivity index (χ2v) is 9.62. The molecule has 38 heavy (non-hydrogen) atoms. The molecule has 1 aromatic carbocycles. The highest BCUT2D eigenvalue weighted by Crippen LogP contribution is 2.40. The van der Waals surface area contributed by atoms with Crippen LogP contribution < -0.4 is 4.74 Å². The van der Waals surface area contributed by atoms with E-state index in [0.29, 0.717) is 42.5 Å². The van der Waals surface area contributed by atoms with Crippen LogP contribution in [0.4, 0.5) is 0 Å². The van der Waals surface area contributed by atoms with Crippen molar-refractivity contribution in [2.45, 2.75) is 53.0 Å². The largest absolute Gasteiger partial charge is 0.505 e. The zero-order valence-corrected chi connectivity index (χ0v) is 22.8. The second-order valence-electron chi connectivity index (χ2n) is 9.62. The van der Waals surface area contributed by atoms with Crippen molar-refractivity contribution in [2.75, 3.05) is 32.8 Å². The summed E-state index contributed by atoms with van der Waals surface area (Å²) in [6.07, 6.45) is 4.94. The van der Waals surface area contributed by atoms with Gasteiger partial charge in [-0.15, -0.1) is 0 Å². The smallest absolute Gasteiger partial charge is 0.295 e. The summed E-state index contributed by atoms with van der Waals surface area (Å²) in [6.45, 7) is 11.3. The summed E-state index contributed by atoms with van der Waals surface area (Å²) >= 11 is 0. The normalized spacial score (nSPS) is 17.2. The fourth-order valence-corrected chi connectivity index (χ4v) is 5.09. The number of aromatic nitrogens is 2. The number of carbonyl (C=O) groups is 2. The molecular formula is C30H38N4O4. The summed E-state index contributed by atoms with van der Waals surface area (Å²) in [6, 6.07) is 12.3. The molecule has 3 aromatic rings. The van der Waals surface area contributed by atoms with Crippen LogP contribution in [0.5, 0.6) is 5.75 Å². The molecular weight excluding hydrogens is 480 g/mol. The van der Waals surface area contributed by atoms with E-state index in [4.69, 9.17) is 4.74 Å². The van der Waals surface area contributed by atoms with E-state index >= 15 is 0 Å². The zero-order chi connectivity index (χ0) is 27.2. The van der Waals surface area contributed by atoms with Crippen LogP contribution >= 0.6 is 0 Å². The van der Waals surface area contributed by atoms with Gasteiger partial charge in [0.25, 0.3) is 11.7 Å². The van der Waals surface area contributed by atoms with Gasteiger partial charge in [-0.1, -0.05) is 51.8 Å². The Hall–Kier alpha value is -3.65. The van der Waals surface area contributed by atoms with E-state index in [9.17, 15) is 14.7 Å². The number of aryl methyl sites for hydroxylation is 1. The van der Waals surface area contributed by atoms with E-state index < -0.39 is 17.7 Å². The summed E-state index contributed by atoms with van der Waals surface area (Å²) in [5.41, 5.74) is 2.45. The third-order valence-electron chi connectivity index (χ3n) is 7.21. The highest BCUT2D eigenvalue weighted by molar-refractivity contribution is 6.46. The first-order chi connectivity index (χ1) is 18.4. The molecule has 8 nitrogen and oxygen atoms in total. The number of pyridine rings is 1. The molecule has 1 amide bonds. The Morgan fingerprint density at radius 3 is 2.61 bits per heavy atom. The molecule has 1 saturated heterocycles. The number of likely N-dealkylation sites (N-methyl/N-ethyl adjacent to an activating group) is 1. The molecule has 0 spiro atoms. The predicted octanol–water partition coefficient (Wildman–Crippen LogP) is 4.98. The SMILES string of the molecule is CCCCCOc1cccc(C2C(=C(O)c3c(C)nc4ccccn34)C(=O)C(=O)N2CCN(CC)CC)c1. The Bertz CT molecular complexity index is 1320. The summed E-state index contributed by atoms with van der Waals surface area (Å²) in [4.78, 5) is 35.2. The van der Waals surface area contributed by atoms with Crippen LogP contribution in [-0.4, -0.2) is 68.8 Å². The summed E-state index contributed by atoms with van der Waals surface area (Å²) in [5.74, 6) is -0.834. The molecule has 8 heteroatoms. The van der Waals surface area contributed by atoms with Crippen LogP contribution in [0.15, 0.2) is 54.2 Å². The number of imidazole rings is 1. The lowest BCUT2D eigenvalue weighted by Crippen LogP contribution is -2.38. The van der Waals surface area contributed by atoms with Crippen molar-refractivity contribution in [3.05, 3.63) is 71.2 Å². The minimum atomic E-state index is -0.738. The number of nitrogens with zero attached hydrogens (tertiary/aromatic N) is 4. The minimum absolute atomic E-state index is 0.0754. The Kier molecular flexibility index (Phi) is 8.84. The lowest BCUT2D eigenvalue weighted by Gasteiger charge is -2.28. The van der Waals surface area contributed by atoms with Gasteiger partial charge in [-0.2, -0.15) is 0 Å². The van der Waals surface area contributed by atoms with Gasteiger partial charge >= 0.3 is 0 Å². The molecule has 0 radical (unpaired) electrons. The molecule has 1 fully saturated rings. The van der Waals surface area contributed by atoms with Crippen LogP contribution in [0.1, 0.15) is 63.0 Å². The fourth-order valence-electron chi connectivity index (χ4n) is 5.09. The maximum absolute atomic E-state index is 13.5. The number of aliphatic hydroxyl groups is 1. The molecule has 1 atom stereocenters. The van der Waals surface area contributed by atoms with Crippen molar-refractivity contribution < 1.29 is 19.4 Å². The van der Waals surface area contributed by atoms with Gasteiger partial charge in [-0.05, 0) is 56.3 Å². The average Bonchev–Trinajstić information content (AvgIpc) is 3.39. The lowest BCUT2D eigenvalue weighted by atomic mass is 9.96. The van der Waals surface area contributed by atoms with Crippen molar-refractivity contribution in [3.8, 4) is 5.75 Å². The first-order valence-electron chi connectivity index (χ1n) is 13.6. The van der Waals surface area contributed by atoms with E-state index in [2.05, 4.69) is 30.7 Å². The van der Waals surface area contributed by atoms with E-state index in [1.54, 1.807) is 22.4 Å². The molecule has 0 bridgehead atoms. The van der Waals surface area contributed by atoms with E-state index in [1.807, 2.05) is 42.5 Å². The molecule has 0 saturated carbocycles. The second kappa shape index (κ2) is 12.3. The Labute approximate surface area is 224 Å². The number of hydrogen-bond acceptors (Lipinski definition) is 6. The van der Waals surface area contributed by atoms with E-state index in [1.165, 1.54) is 0 Å². The van der Waals surface area contributed by atoms with Gasteiger partial charge in [-0.25, -0.2) is 4.98 Å². The minimum Gasteiger partial charge on any atom is -0.505 e. The van der Waals surface area contributed by atoms with Crippen molar-refractivity contribution >= 4 is 23.1 Å². The van der Waals surface area contributed by atoms with Gasteiger partial charge in [-0.3, -0.25) is 14.0 Å². The van der Waals surface area contributed by atoms with E-state index in [0.717, 1.165) is 37.9 Å². The maximum Gasteiger partial charge on any atom is 0.295 e. The molecule has 202 valence electrons. The average molecular weight is 519 g/mol. The number of aliphatic hydroxyl groups excluding tert-OH is 1. The number of amides is 1. The van der Waals surface area contributed by atoms with Crippen molar-refractivity contribution in [1.29, 1.82) is 0 Å². The van der Waals surface area contributed by atoms with Crippen LogP contribution in [-0.2, 0) is 9.59 Å². The number of ether oxygens (including phenoxy) is 1. The molecule has 1 unspecified atom stereocenters. The number of rotatable bonds is 12. The summed E-state index contributed by atoms with van der Waals surface area (Å²) < 4.78 is 7.73. The first-order valence-corrected chi connectivity index (χ1v) is 13.6. The van der Waals surface area contributed by atoms with Crippen molar-refractivity contribution in [3.63, 3.8) is 0 Å². The quantitative estimate of drug-likeness (QED) is 0.158. The van der Waals surface area contributed by atoms with Crippen molar-refractivity contribution in [2.24, 2.45) is 0 Å². The number of hydrogen-bond donors (Lipinski definition) is 1. The first kappa shape index (κ1) is 27.4. The van der Waals surface area contributed by atoms with E-state index in [-0.39, 0.29) is 11.3 Å². The molecule has 3 heterocycles. The third kappa shape index (κ3) is 5.45. The number of unbranched alkanes of at least 4 members (excludes halogenated alkanes) is 2. The highest BCUT2D eigenvalue weighted by atomic mass is 16.5. The molecule has 1 aliphatic heterocycles. The fraction of sp³-hybridized carbons (Fsp3) is 0.433. The summed E-state index contributed by atoms with van der Waals surface area (Å²) in [5, 5.41) is 11.6.